The SMILES string of the molecule is C[N+](C)(CC(=O)O)CC(=O)O.OCCN(CCO)CCO. The Kier molecular flexibility index (Phi) is 13.1. The molecule has 0 aromatic heterocycles. The number of hydrogen-bond acceptors (Lipinski definition) is 6. The molecule has 0 bridgehead atoms. The number of aliphatic hydroxyl groups is 3. The van der Waals surface area contributed by atoms with Gasteiger partial charge in [-0.25, -0.2) is 9.59 Å². The molecule has 0 fully saturated rings. The normalized spacial score (nSPS) is 11.0. The van der Waals surface area contributed by atoms with Gasteiger partial charge < -0.3 is 30.0 Å². The van der Waals surface area contributed by atoms with Crippen molar-refractivity contribution in [2.75, 3.05) is 66.6 Å². The standard InChI is InChI=1S/C6H11NO4.C6H15NO3/c1-7(2,3-5(8)9)4-6(10)11;8-4-1-7(2-5-9)3-6-10/h3-4H2,1-2H3,(H-,8,9,10,11);8-10H,1-6H2/p+1. The number of hydrogen-bond donors (Lipinski definition) is 5. The van der Waals surface area contributed by atoms with E-state index in [4.69, 9.17) is 25.5 Å². The predicted octanol–water partition coefficient (Wildman–Crippen LogP) is -2.50. The van der Waals surface area contributed by atoms with Crippen molar-refractivity contribution in [1.29, 1.82) is 0 Å². The Morgan fingerprint density at radius 3 is 1.29 bits per heavy atom. The number of likely N-dealkylation sites (N-methyl/N-ethyl adjacent to an activating group) is 1. The fourth-order valence-corrected chi connectivity index (χ4v) is 1.55. The van der Waals surface area contributed by atoms with E-state index >= 15 is 0 Å². The van der Waals surface area contributed by atoms with E-state index in [1.807, 2.05) is 0 Å². The van der Waals surface area contributed by atoms with Crippen LogP contribution in [0.25, 0.3) is 0 Å². The second-order valence-electron chi connectivity index (χ2n) is 5.05. The predicted molar refractivity (Wildman–Crippen MR) is 74.8 cm³/mol. The van der Waals surface area contributed by atoms with Crippen molar-refractivity contribution >= 4 is 11.9 Å². The summed E-state index contributed by atoms with van der Waals surface area (Å²) in [6, 6.07) is 0. The van der Waals surface area contributed by atoms with E-state index in [1.54, 1.807) is 19.0 Å². The lowest BCUT2D eigenvalue weighted by Crippen LogP contribution is -2.47. The zero-order valence-corrected chi connectivity index (χ0v) is 12.6. The highest BCUT2D eigenvalue weighted by Crippen LogP contribution is 1.94. The van der Waals surface area contributed by atoms with E-state index in [9.17, 15) is 9.59 Å². The molecule has 0 radical (unpaired) electrons. The lowest BCUT2D eigenvalue weighted by atomic mass is 10.4. The van der Waals surface area contributed by atoms with Crippen LogP contribution >= 0.6 is 0 Å². The van der Waals surface area contributed by atoms with Crippen molar-refractivity contribution in [3.63, 3.8) is 0 Å². The van der Waals surface area contributed by atoms with Crippen molar-refractivity contribution in [3.05, 3.63) is 0 Å². The summed E-state index contributed by atoms with van der Waals surface area (Å²) < 4.78 is -0.0370. The van der Waals surface area contributed by atoms with Gasteiger partial charge >= 0.3 is 11.9 Å². The fraction of sp³-hybridized carbons (Fsp3) is 0.833. The van der Waals surface area contributed by atoms with Crippen molar-refractivity contribution in [2.45, 2.75) is 0 Å². The van der Waals surface area contributed by atoms with Crippen LogP contribution in [0, 0.1) is 0 Å². The summed E-state index contributed by atoms with van der Waals surface area (Å²) in [5.74, 6) is -1.98. The first-order valence-electron chi connectivity index (χ1n) is 6.49. The van der Waals surface area contributed by atoms with Gasteiger partial charge in [0, 0.05) is 19.6 Å². The summed E-state index contributed by atoms with van der Waals surface area (Å²) >= 11 is 0. The molecule has 0 aliphatic heterocycles. The third-order valence-electron chi connectivity index (χ3n) is 2.38. The molecule has 21 heavy (non-hydrogen) atoms. The molecule has 0 saturated carbocycles. The lowest BCUT2D eigenvalue weighted by Gasteiger charge is -2.24. The number of aliphatic carboxylic acids is 2. The average molecular weight is 311 g/mol. The molecule has 0 amide bonds. The number of quaternary nitrogens is 1. The Bertz CT molecular complexity index is 265. The van der Waals surface area contributed by atoms with Crippen LogP contribution in [0.5, 0.6) is 0 Å². The van der Waals surface area contributed by atoms with E-state index in [1.165, 1.54) is 0 Å². The highest BCUT2D eigenvalue weighted by Gasteiger charge is 2.22. The number of nitrogens with zero attached hydrogens (tertiary/aromatic N) is 2. The molecule has 9 heteroatoms. The molecule has 0 aromatic carbocycles. The van der Waals surface area contributed by atoms with Gasteiger partial charge in [-0.1, -0.05) is 0 Å². The molecule has 0 unspecified atom stereocenters. The summed E-state index contributed by atoms with van der Waals surface area (Å²) in [4.78, 5) is 22.2. The lowest BCUT2D eigenvalue weighted by molar-refractivity contribution is -0.875. The minimum absolute atomic E-state index is 0.0370. The molecular formula is C12H27N2O7+. The van der Waals surface area contributed by atoms with Crippen molar-refractivity contribution in [1.82, 2.24) is 4.90 Å². The third kappa shape index (κ3) is 16.7. The Morgan fingerprint density at radius 2 is 1.10 bits per heavy atom. The van der Waals surface area contributed by atoms with Crippen LogP contribution in [0.3, 0.4) is 0 Å². The molecule has 0 heterocycles. The molecule has 0 aromatic rings. The van der Waals surface area contributed by atoms with Gasteiger partial charge in [0.15, 0.2) is 13.1 Å². The van der Waals surface area contributed by atoms with Gasteiger partial charge in [0.2, 0.25) is 0 Å². The van der Waals surface area contributed by atoms with Gasteiger partial charge in [-0.3, -0.25) is 4.90 Å². The van der Waals surface area contributed by atoms with Crippen LogP contribution in [0.4, 0.5) is 0 Å². The maximum absolute atomic E-state index is 10.2. The first-order valence-corrected chi connectivity index (χ1v) is 6.49. The van der Waals surface area contributed by atoms with Crippen molar-refractivity contribution < 1.29 is 39.6 Å². The van der Waals surface area contributed by atoms with Crippen LogP contribution in [0.15, 0.2) is 0 Å². The molecular weight excluding hydrogens is 284 g/mol. The monoisotopic (exact) mass is 311 g/mol. The molecule has 5 N–H and O–H groups in total. The first-order chi connectivity index (χ1) is 9.68. The summed E-state index contributed by atoms with van der Waals surface area (Å²) in [7, 11) is 3.12. The molecule has 126 valence electrons. The molecule has 0 saturated heterocycles. The number of carboxylic acid groups (broad SMARTS) is 2. The smallest absolute Gasteiger partial charge is 0.359 e. The molecule has 0 aliphatic rings. The fourth-order valence-electron chi connectivity index (χ4n) is 1.55. The minimum atomic E-state index is -0.990. The van der Waals surface area contributed by atoms with Crippen LogP contribution < -0.4 is 0 Å². The highest BCUT2D eigenvalue weighted by molar-refractivity contribution is 5.70. The Labute approximate surface area is 124 Å². The van der Waals surface area contributed by atoms with Crippen molar-refractivity contribution in [3.8, 4) is 0 Å². The Balaban J connectivity index is 0. The Hall–Kier alpha value is -1.26. The number of carbonyl (C=O) groups is 2. The summed E-state index contributed by atoms with van der Waals surface area (Å²) in [5.41, 5.74) is 0. The molecule has 0 rings (SSSR count). The van der Waals surface area contributed by atoms with Gasteiger partial charge in [0.1, 0.15) is 0 Å². The second-order valence-corrected chi connectivity index (χ2v) is 5.05. The van der Waals surface area contributed by atoms with Crippen LogP contribution in [-0.2, 0) is 9.59 Å². The zero-order valence-electron chi connectivity index (χ0n) is 12.6. The molecule has 9 nitrogen and oxygen atoms in total. The van der Waals surface area contributed by atoms with Crippen LogP contribution in [0.1, 0.15) is 0 Å². The molecule has 0 spiro atoms. The second kappa shape index (κ2) is 12.5. The summed E-state index contributed by atoms with van der Waals surface area (Å²) in [6.45, 7) is 1.40. The highest BCUT2D eigenvalue weighted by atomic mass is 16.4. The van der Waals surface area contributed by atoms with E-state index < -0.39 is 11.9 Å². The number of carboxylic acids is 2. The number of aliphatic hydroxyl groups excluding tert-OH is 3. The maximum atomic E-state index is 10.2. The first kappa shape index (κ1) is 22.0. The Morgan fingerprint density at radius 1 is 0.810 bits per heavy atom. The van der Waals surface area contributed by atoms with Crippen molar-refractivity contribution in [2.24, 2.45) is 0 Å². The van der Waals surface area contributed by atoms with Gasteiger partial charge in [-0.2, -0.15) is 0 Å². The third-order valence-corrected chi connectivity index (χ3v) is 2.38. The van der Waals surface area contributed by atoms with Gasteiger partial charge in [-0.15, -0.1) is 0 Å². The van der Waals surface area contributed by atoms with Gasteiger partial charge in [-0.05, 0) is 0 Å². The number of rotatable bonds is 10. The van der Waals surface area contributed by atoms with Gasteiger partial charge in [0.25, 0.3) is 0 Å². The maximum Gasteiger partial charge on any atom is 0.359 e. The average Bonchev–Trinajstić information content (AvgIpc) is 2.27. The zero-order chi connectivity index (χ0) is 16.9. The molecule has 0 atom stereocenters. The topological polar surface area (TPSA) is 139 Å². The summed E-state index contributed by atoms with van der Waals surface area (Å²) in [6.07, 6.45) is 0. The largest absolute Gasteiger partial charge is 0.477 e. The van der Waals surface area contributed by atoms with E-state index in [0.717, 1.165) is 0 Å². The van der Waals surface area contributed by atoms with Crippen LogP contribution in [-0.4, -0.2) is 113 Å². The van der Waals surface area contributed by atoms with Gasteiger partial charge in [0.05, 0.1) is 33.9 Å². The molecule has 0 aliphatic carbocycles. The van der Waals surface area contributed by atoms with Crippen LogP contribution in [0.2, 0.25) is 0 Å². The quantitative estimate of drug-likeness (QED) is 0.279. The summed E-state index contributed by atoms with van der Waals surface area (Å²) in [5, 5.41) is 42.2. The van der Waals surface area contributed by atoms with E-state index in [2.05, 4.69) is 0 Å². The van der Waals surface area contributed by atoms with E-state index in [0.29, 0.717) is 19.6 Å². The van der Waals surface area contributed by atoms with E-state index in [-0.39, 0.29) is 37.4 Å². The minimum Gasteiger partial charge on any atom is -0.477 e.